The molecule has 2 fully saturated rings. The second-order valence-corrected chi connectivity index (χ2v) is 12.5. The number of aromatic nitrogens is 1. The van der Waals surface area contributed by atoms with Crippen LogP contribution in [-0.4, -0.2) is 59.8 Å². The Bertz CT molecular complexity index is 1370. The summed E-state index contributed by atoms with van der Waals surface area (Å²) in [6, 6.07) is 13.6. The molecule has 39 heavy (non-hydrogen) atoms. The Labute approximate surface area is 234 Å². The molecule has 1 N–H and O–H groups in total. The maximum absolute atomic E-state index is 11.8. The van der Waals surface area contributed by atoms with Gasteiger partial charge >= 0.3 is 5.97 Å². The molecule has 1 aromatic heterocycles. The van der Waals surface area contributed by atoms with Crippen LogP contribution in [-0.2, 0) is 29.1 Å². The number of hydrogen-bond donors (Lipinski definition) is 1. The number of hydrogen-bond acceptors (Lipinski definition) is 7. The second-order valence-electron chi connectivity index (χ2n) is 11.6. The summed E-state index contributed by atoms with van der Waals surface area (Å²) in [5.74, 6) is 0.165. The molecule has 0 amide bonds. The average Bonchev–Trinajstić information content (AvgIpc) is 3.38. The summed E-state index contributed by atoms with van der Waals surface area (Å²) in [6.45, 7) is 11.7. The molecular weight excluding hydrogens is 510 g/mol. The molecule has 0 unspecified atom stereocenters. The molecule has 0 aliphatic carbocycles. The first-order valence-electron chi connectivity index (χ1n) is 13.9. The van der Waals surface area contributed by atoms with Crippen LogP contribution in [0.1, 0.15) is 42.5 Å². The van der Waals surface area contributed by atoms with Crippen LogP contribution in [0, 0.1) is 18.3 Å². The summed E-state index contributed by atoms with van der Waals surface area (Å²) in [4.78, 5) is 21.6. The van der Waals surface area contributed by atoms with E-state index in [9.17, 15) is 9.90 Å². The number of aliphatic carboxylic acids is 1. The lowest BCUT2D eigenvalue weighted by atomic mass is 9.73. The number of ether oxygens (including phenoxy) is 2. The highest BCUT2D eigenvalue weighted by molar-refractivity contribution is 7.14. The third kappa shape index (κ3) is 5.17. The number of carbonyl (C=O) groups is 1. The van der Waals surface area contributed by atoms with E-state index >= 15 is 0 Å². The van der Waals surface area contributed by atoms with Crippen LogP contribution in [0.4, 0.5) is 5.13 Å². The van der Waals surface area contributed by atoms with Crippen molar-refractivity contribution in [3.63, 3.8) is 0 Å². The average molecular weight is 548 g/mol. The third-order valence-electron chi connectivity index (χ3n) is 8.99. The molecule has 3 aromatic rings. The van der Waals surface area contributed by atoms with Crippen LogP contribution in [0.15, 0.2) is 41.8 Å². The zero-order valence-corrected chi connectivity index (χ0v) is 23.8. The van der Waals surface area contributed by atoms with E-state index in [0.717, 1.165) is 60.4 Å². The summed E-state index contributed by atoms with van der Waals surface area (Å²) < 4.78 is 11.8. The molecule has 2 saturated heterocycles. The molecule has 2 atom stereocenters. The number of thiazole rings is 1. The highest BCUT2D eigenvalue weighted by atomic mass is 32.1. The van der Waals surface area contributed by atoms with Crippen LogP contribution in [0.3, 0.4) is 0 Å². The van der Waals surface area contributed by atoms with Crippen LogP contribution < -0.4 is 9.64 Å². The smallest absolute Gasteiger partial charge is 0.309 e. The van der Waals surface area contributed by atoms with E-state index in [-0.39, 0.29) is 5.92 Å². The Balaban J connectivity index is 1.15. The van der Waals surface area contributed by atoms with Gasteiger partial charge in [-0.25, -0.2) is 4.98 Å². The number of fused-ring (bicyclic) bond motifs is 1. The van der Waals surface area contributed by atoms with E-state index in [0.29, 0.717) is 32.2 Å². The van der Waals surface area contributed by atoms with Crippen molar-refractivity contribution in [3.8, 4) is 17.0 Å². The van der Waals surface area contributed by atoms with Gasteiger partial charge in [0.2, 0.25) is 0 Å². The van der Waals surface area contributed by atoms with Gasteiger partial charge in [-0.3, -0.25) is 9.69 Å². The Morgan fingerprint density at radius 3 is 2.79 bits per heavy atom. The van der Waals surface area contributed by atoms with Gasteiger partial charge in [-0.15, -0.1) is 11.3 Å². The monoisotopic (exact) mass is 547 g/mol. The molecule has 2 aromatic carbocycles. The fraction of sp³-hybridized carbons (Fsp3) is 0.484. The van der Waals surface area contributed by atoms with Crippen molar-refractivity contribution in [2.24, 2.45) is 11.3 Å². The molecule has 8 heteroatoms. The topological polar surface area (TPSA) is 75.1 Å². The van der Waals surface area contributed by atoms with Crippen LogP contribution in [0.2, 0.25) is 0 Å². The molecule has 0 saturated carbocycles. The summed E-state index contributed by atoms with van der Waals surface area (Å²) >= 11 is 1.61. The summed E-state index contributed by atoms with van der Waals surface area (Å²) in [7, 11) is 0. The van der Waals surface area contributed by atoms with Gasteiger partial charge in [0.15, 0.2) is 5.13 Å². The van der Waals surface area contributed by atoms with Gasteiger partial charge in [0.05, 0.1) is 30.4 Å². The molecule has 3 aliphatic heterocycles. The predicted molar refractivity (Wildman–Crippen MR) is 154 cm³/mol. The number of rotatable bonds is 7. The largest absolute Gasteiger partial charge is 0.488 e. The first-order valence-corrected chi connectivity index (χ1v) is 14.8. The maximum atomic E-state index is 11.8. The number of anilines is 1. The highest BCUT2D eigenvalue weighted by Gasteiger charge is 2.43. The van der Waals surface area contributed by atoms with Crippen LogP contribution in [0.25, 0.3) is 11.3 Å². The van der Waals surface area contributed by atoms with E-state index in [2.05, 4.69) is 52.4 Å². The SMILES string of the molecule is Cc1ccc(OCc2ccc3c(c2)CCN(C2COC2)C3)c(-c2csc(N3CC[C@](C)(C(=O)O)[C@@H](C)C3)n2)c1. The molecule has 0 spiro atoms. The van der Waals surface area contributed by atoms with Crippen molar-refractivity contribution < 1.29 is 19.4 Å². The van der Waals surface area contributed by atoms with E-state index in [1.54, 1.807) is 11.3 Å². The van der Waals surface area contributed by atoms with Crippen LogP contribution >= 0.6 is 11.3 Å². The van der Waals surface area contributed by atoms with Gasteiger partial charge in [-0.05, 0) is 61.4 Å². The minimum Gasteiger partial charge on any atom is -0.488 e. The van der Waals surface area contributed by atoms with Crippen LogP contribution in [0.5, 0.6) is 5.75 Å². The van der Waals surface area contributed by atoms with Gasteiger partial charge in [-0.1, -0.05) is 36.8 Å². The zero-order chi connectivity index (χ0) is 27.1. The third-order valence-corrected chi connectivity index (χ3v) is 9.89. The number of aryl methyl sites for hydroxylation is 1. The zero-order valence-electron chi connectivity index (χ0n) is 23.0. The summed E-state index contributed by atoms with van der Waals surface area (Å²) in [6.07, 6.45) is 1.68. The minimum absolute atomic E-state index is 0.0425. The Morgan fingerprint density at radius 2 is 2.05 bits per heavy atom. The van der Waals surface area contributed by atoms with Crippen molar-refractivity contribution in [2.45, 2.75) is 52.8 Å². The quantitative estimate of drug-likeness (QED) is 0.425. The first kappa shape index (κ1) is 26.3. The second kappa shape index (κ2) is 10.6. The molecule has 7 nitrogen and oxygen atoms in total. The number of carboxylic acid groups (broad SMARTS) is 1. The highest BCUT2D eigenvalue weighted by Crippen LogP contribution is 2.40. The Kier molecular flexibility index (Phi) is 7.12. The minimum atomic E-state index is -0.708. The summed E-state index contributed by atoms with van der Waals surface area (Å²) in [5.41, 5.74) is 6.40. The molecule has 0 bridgehead atoms. The van der Waals surface area contributed by atoms with E-state index in [1.165, 1.54) is 16.7 Å². The Hall–Kier alpha value is -2.94. The fourth-order valence-corrected chi connectivity index (χ4v) is 6.72. The van der Waals surface area contributed by atoms with Crippen molar-refractivity contribution in [2.75, 3.05) is 37.7 Å². The number of piperidine rings is 1. The van der Waals surface area contributed by atoms with E-state index in [4.69, 9.17) is 14.5 Å². The number of carboxylic acids is 1. The number of nitrogens with zero attached hydrogens (tertiary/aromatic N) is 3. The normalized spacial score (nSPS) is 23.8. The predicted octanol–water partition coefficient (Wildman–Crippen LogP) is 5.39. The lowest BCUT2D eigenvalue weighted by Gasteiger charge is -2.41. The molecule has 6 rings (SSSR count). The molecular formula is C31H37N3O4S. The van der Waals surface area contributed by atoms with Crippen molar-refractivity contribution >= 4 is 22.4 Å². The lowest BCUT2D eigenvalue weighted by molar-refractivity contribution is -0.152. The fourth-order valence-electron chi connectivity index (χ4n) is 5.86. The number of benzene rings is 2. The first-order chi connectivity index (χ1) is 18.8. The van der Waals surface area contributed by atoms with E-state index in [1.807, 2.05) is 19.9 Å². The lowest BCUT2D eigenvalue weighted by Crippen LogP contribution is -2.50. The Morgan fingerprint density at radius 1 is 1.21 bits per heavy atom. The van der Waals surface area contributed by atoms with Crippen molar-refractivity contribution in [1.82, 2.24) is 9.88 Å². The van der Waals surface area contributed by atoms with Gasteiger partial charge in [0.1, 0.15) is 12.4 Å². The van der Waals surface area contributed by atoms with Crippen molar-refractivity contribution in [3.05, 3.63) is 64.0 Å². The maximum Gasteiger partial charge on any atom is 0.309 e. The van der Waals surface area contributed by atoms with Gasteiger partial charge in [0, 0.05) is 37.1 Å². The molecule has 4 heterocycles. The van der Waals surface area contributed by atoms with E-state index < -0.39 is 11.4 Å². The van der Waals surface area contributed by atoms with Crippen molar-refractivity contribution in [1.29, 1.82) is 0 Å². The molecule has 3 aliphatic rings. The molecule has 0 radical (unpaired) electrons. The summed E-state index contributed by atoms with van der Waals surface area (Å²) in [5, 5.41) is 12.7. The van der Waals surface area contributed by atoms with Gasteiger partial charge < -0.3 is 19.5 Å². The molecule has 206 valence electrons. The van der Waals surface area contributed by atoms with Gasteiger partial charge in [0.25, 0.3) is 0 Å². The standard InChI is InChI=1S/C31H37N3O4S/c1-20-4-7-28(38-16-22-5-6-24-15-33(25-17-37-18-25)10-8-23(24)13-22)26(12-20)27-19-39-30(32-27)34-11-9-31(3,29(35)36)21(2)14-34/h4-7,12-13,19,21,25H,8-11,14-18H2,1-3H3,(H,35,36)/t21-,31-/m0/s1. The van der Waals surface area contributed by atoms with Gasteiger partial charge in [-0.2, -0.15) is 0 Å².